The molecule has 4 aliphatic heterocycles. The van der Waals surface area contributed by atoms with E-state index in [1.54, 1.807) is 6.33 Å². The van der Waals surface area contributed by atoms with Crippen molar-refractivity contribution in [3.05, 3.63) is 35.2 Å². The van der Waals surface area contributed by atoms with E-state index < -0.39 is 0 Å². The number of nitrogens with zero attached hydrogens (tertiary/aromatic N) is 4. The summed E-state index contributed by atoms with van der Waals surface area (Å²) in [6.45, 7) is 13.3. The summed E-state index contributed by atoms with van der Waals surface area (Å²) in [5, 5.41) is 7.11. The number of thioether (sulfide) groups is 1. The molecule has 182 valence electrons. The maximum absolute atomic E-state index is 6.58. The molecule has 5 heterocycles. The maximum Gasteiger partial charge on any atom is 0.146 e. The Bertz CT molecular complexity index is 1060. The maximum atomic E-state index is 6.58. The van der Waals surface area contributed by atoms with Gasteiger partial charge in [0.15, 0.2) is 0 Å². The number of anilines is 3. The van der Waals surface area contributed by atoms with Gasteiger partial charge >= 0.3 is 0 Å². The Morgan fingerprint density at radius 3 is 2.56 bits per heavy atom. The molecular formula is C26H36N6OS. The number of aromatic nitrogens is 2. The lowest BCUT2D eigenvalue weighted by Crippen LogP contribution is -2.68. The van der Waals surface area contributed by atoms with Gasteiger partial charge < -0.3 is 20.3 Å². The summed E-state index contributed by atoms with van der Waals surface area (Å²) in [7, 11) is 0. The van der Waals surface area contributed by atoms with E-state index in [9.17, 15) is 0 Å². The molecule has 8 heteroatoms. The lowest BCUT2D eigenvalue weighted by atomic mass is 9.84. The van der Waals surface area contributed by atoms with Gasteiger partial charge in [-0.2, -0.15) is 11.8 Å². The highest BCUT2D eigenvalue weighted by Crippen LogP contribution is 2.45. The van der Waals surface area contributed by atoms with Crippen LogP contribution in [0.4, 0.5) is 17.3 Å². The van der Waals surface area contributed by atoms with Gasteiger partial charge in [0.05, 0.1) is 11.3 Å². The molecule has 1 atom stereocenters. The van der Waals surface area contributed by atoms with Crippen LogP contribution in [0.25, 0.3) is 0 Å². The van der Waals surface area contributed by atoms with E-state index in [1.165, 1.54) is 37.1 Å². The normalized spacial score (nSPS) is 24.8. The van der Waals surface area contributed by atoms with E-state index in [-0.39, 0.29) is 6.10 Å². The van der Waals surface area contributed by atoms with E-state index in [4.69, 9.17) is 9.72 Å². The Morgan fingerprint density at radius 2 is 1.85 bits per heavy atom. The van der Waals surface area contributed by atoms with E-state index in [1.807, 2.05) is 11.8 Å². The van der Waals surface area contributed by atoms with Gasteiger partial charge in [-0.3, -0.25) is 4.90 Å². The highest BCUT2D eigenvalue weighted by Gasteiger charge is 2.39. The number of hydrogen-bond donors (Lipinski definition) is 2. The standard InChI is InChI=1S/C26H36N6OS/c1-17-12-20(19-4-6-32(7-5-19)26(3)14-27-15-26)13-21-23(17)33-18(2)22-24(30-21)28-16-29-25(22)31-8-10-34-11-9-31/h12-13,16,18-19,27H,4-11,14-15H2,1-3H3,(H,28,29,30). The Morgan fingerprint density at radius 1 is 1.09 bits per heavy atom. The second-order valence-corrected chi connectivity index (χ2v) is 11.7. The van der Waals surface area contributed by atoms with Crippen molar-refractivity contribution in [3.8, 4) is 5.75 Å². The molecule has 3 fully saturated rings. The molecule has 34 heavy (non-hydrogen) atoms. The van der Waals surface area contributed by atoms with Crippen molar-refractivity contribution in [2.75, 3.05) is 61.0 Å². The van der Waals surface area contributed by atoms with Crippen LogP contribution in [-0.2, 0) is 0 Å². The first-order valence-electron chi connectivity index (χ1n) is 12.7. The molecule has 3 saturated heterocycles. The summed E-state index contributed by atoms with van der Waals surface area (Å²) < 4.78 is 6.58. The minimum Gasteiger partial charge on any atom is -0.483 e. The number of piperidine rings is 1. The van der Waals surface area contributed by atoms with Crippen LogP contribution in [0, 0.1) is 6.92 Å². The molecule has 1 unspecified atom stereocenters. The Hall–Kier alpha value is -2.03. The van der Waals surface area contributed by atoms with Gasteiger partial charge in [-0.05, 0) is 69.8 Å². The monoisotopic (exact) mass is 480 g/mol. The molecule has 7 nitrogen and oxygen atoms in total. The molecule has 0 aliphatic carbocycles. The van der Waals surface area contributed by atoms with Crippen LogP contribution >= 0.6 is 11.8 Å². The number of nitrogens with one attached hydrogen (secondary N) is 2. The zero-order valence-corrected chi connectivity index (χ0v) is 21.4. The average Bonchev–Trinajstić information content (AvgIpc) is 2.99. The largest absolute Gasteiger partial charge is 0.483 e. The van der Waals surface area contributed by atoms with Crippen molar-refractivity contribution < 1.29 is 4.74 Å². The number of aryl methyl sites for hydroxylation is 1. The molecule has 0 saturated carbocycles. The molecule has 2 aromatic rings. The number of rotatable bonds is 3. The Balaban J connectivity index is 1.27. The van der Waals surface area contributed by atoms with Crippen molar-refractivity contribution >= 4 is 29.1 Å². The van der Waals surface area contributed by atoms with Crippen LogP contribution in [0.2, 0.25) is 0 Å². The molecule has 0 spiro atoms. The predicted octanol–water partition coefficient (Wildman–Crippen LogP) is 4.08. The van der Waals surface area contributed by atoms with Crippen LogP contribution in [0.1, 0.15) is 55.4 Å². The van der Waals surface area contributed by atoms with Crippen molar-refractivity contribution in [2.24, 2.45) is 0 Å². The third kappa shape index (κ3) is 3.93. The fraction of sp³-hybridized carbons (Fsp3) is 0.615. The number of ether oxygens (including phenoxy) is 1. The second kappa shape index (κ2) is 8.88. The van der Waals surface area contributed by atoms with Gasteiger partial charge in [0.25, 0.3) is 0 Å². The number of likely N-dealkylation sites (tertiary alicyclic amines) is 1. The van der Waals surface area contributed by atoms with Crippen LogP contribution < -0.4 is 20.3 Å². The van der Waals surface area contributed by atoms with E-state index >= 15 is 0 Å². The van der Waals surface area contributed by atoms with E-state index in [0.29, 0.717) is 11.5 Å². The second-order valence-electron chi connectivity index (χ2n) is 10.5. The summed E-state index contributed by atoms with van der Waals surface area (Å²) in [5.74, 6) is 5.70. The third-order valence-electron chi connectivity index (χ3n) is 8.17. The number of hydrogen-bond acceptors (Lipinski definition) is 8. The molecule has 0 radical (unpaired) electrons. The van der Waals surface area contributed by atoms with Gasteiger partial charge in [0, 0.05) is 43.2 Å². The van der Waals surface area contributed by atoms with Crippen LogP contribution in [0.5, 0.6) is 5.75 Å². The van der Waals surface area contributed by atoms with Gasteiger partial charge in [-0.1, -0.05) is 6.07 Å². The highest BCUT2D eigenvalue weighted by molar-refractivity contribution is 7.99. The molecule has 4 aliphatic rings. The lowest BCUT2D eigenvalue weighted by molar-refractivity contribution is 0.0323. The molecular weight excluding hydrogens is 444 g/mol. The molecule has 2 N–H and O–H groups in total. The van der Waals surface area contributed by atoms with Crippen molar-refractivity contribution in [1.82, 2.24) is 20.2 Å². The number of fused-ring (bicyclic) bond motifs is 2. The smallest absolute Gasteiger partial charge is 0.146 e. The topological polar surface area (TPSA) is 65.5 Å². The Labute approximate surface area is 207 Å². The predicted molar refractivity (Wildman–Crippen MR) is 140 cm³/mol. The van der Waals surface area contributed by atoms with E-state index in [0.717, 1.165) is 66.3 Å². The van der Waals surface area contributed by atoms with Crippen LogP contribution in [-0.4, -0.2) is 71.2 Å². The summed E-state index contributed by atoms with van der Waals surface area (Å²) in [6.07, 6.45) is 4.00. The van der Waals surface area contributed by atoms with Gasteiger partial charge in [-0.25, -0.2) is 9.97 Å². The van der Waals surface area contributed by atoms with Crippen molar-refractivity contribution in [2.45, 2.75) is 51.2 Å². The first kappa shape index (κ1) is 22.4. The van der Waals surface area contributed by atoms with Crippen LogP contribution in [0.3, 0.4) is 0 Å². The molecule has 1 aromatic carbocycles. The minimum absolute atomic E-state index is 0.112. The summed E-state index contributed by atoms with van der Waals surface area (Å²) in [6, 6.07) is 4.67. The molecule has 0 bridgehead atoms. The average molecular weight is 481 g/mol. The fourth-order valence-corrected chi connectivity index (χ4v) is 6.90. The van der Waals surface area contributed by atoms with Crippen molar-refractivity contribution in [3.63, 3.8) is 0 Å². The zero-order chi connectivity index (χ0) is 23.3. The minimum atomic E-state index is -0.112. The fourth-order valence-electron chi connectivity index (χ4n) is 6.00. The number of benzene rings is 1. The molecule has 6 rings (SSSR count). The summed E-state index contributed by atoms with van der Waals surface area (Å²) >= 11 is 2.01. The molecule has 0 amide bonds. The Kier molecular flexibility index (Phi) is 5.86. The van der Waals surface area contributed by atoms with Gasteiger partial charge in [-0.15, -0.1) is 0 Å². The van der Waals surface area contributed by atoms with Gasteiger partial charge in [0.2, 0.25) is 0 Å². The zero-order valence-electron chi connectivity index (χ0n) is 20.6. The summed E-state index contributed by atoms with van der Waals surface area (Å²) in [5.41, 5.74) is 5.08. The quantitative estimate of drug-likeness (QED) is 0.682. The first-order chi connectivity index (χ1) is 16.5. The van der Waals surface area contributed by atoms with Gasteiger partial charge in [0.1, 0.15) is 29.8 Å². The highest BCUT2D eigenvalue weighted by atomic mass is 32.2. The SMILES string of the molecule is Cc1cc(C2CCN(C3(C)CNC3)CC2)cc2c1OC(C)c1c(ncnc1N1CCSCC1)N2. The van der Waals surface area contributed by atoms with Crippen LogP contribution in [0.15, 0.2) is 18.5 Å². The van der Waals surface area contributed by atoms with Crippen molar-refractivity contribution in [1.29, 1.82) is 0 Å². The van der Waals surface area contributed by atoms with E-state index in [2.05, 4.69) is 58.3 Å². The third-order valence-corrected chi connectivity index (χ3v) is 9.11. The molecule has 1 aromatic heterocycles. The first-order valence-corrected chi connectivity index (χ1v) is 13.9. The summed E-state index contributed by atoms with van der Waals surface area (Å²) in [4.78, 5) is 14.4. The lowest BCUT2D eigenvalue weighted by Gasteiger charge is -2.51.